The van der Waals surface area contributed by atoms with Crippen molar-refractivity contribution in [1.29, 1.82) is 0 Å². The number of morpholine rings is 4. The maximum absolute atomic E-state index is 12.0. The summed E-state index contributed by atoms with van der Waals surface area (Å²) >= 11 is 3.24. The minimum absolute atomic E-state index is 0. The predicted octanol–water partition coefficient (Wildman–Crippen LogP) is 7.33. The van der Waals surface area contributed by atoms with Crippen molar-refractivity contribution in [2.24, 2.45) is 5.73 Å². The van der Waals surface area contributed by atoms with Gasteiger partial charge >= 0.3 is 7.12 Å². The second kappa shape index (κ2) is 34.1. The molecule has 1 aliphatic carbocycles. The zero-order valence-electron chi connectivity index (χ0n) is 54.2. The number of halogens is 2. The number of carbonyl (C=O) groups excluding carboxylic acids is 1. The van der Waals surface area contributed by atoms with Crippen molar-refractivity contribution >= 4 is 92.6 Å². The van der Waals surface area contributed by atoms with Crippen molar-refractivity contribution in [1.82, 2.24) is 34.9 Å². The van der Waals surface area contributed by atoms with Crippen LogP contribution in [0.2, 0.25) is 0 Å². The maximum atomic E-state index is 12.0. The highest BCUT2D eigenvalue weighted by Crippen LogP contribution is 2.37. The minimum Gasteiger partial charge on any atom is -0.481 e. The summed E-state index contributed by atoms with van der Waals surface area (Å²) < 4.78 is 50.0. The van der Waals surface area contributed by atoms with E-state index < -0.39 is 0 Å². The van der Waals surface area contributed by atoms with Gasteiger partial charge in [-0.3, -0.25) is 4.79 Å². The van der Waals surface area contributed by atoms with E-state index in [2.05, 4.69) is 104 Å². The van der Waals surface area contributed by atoms with E-state index in [1.807, 2.05) is 60.8 Å². The highest BCUT2D eigenvalue weighted by Gasteiger charge is 2.52. The number of ether oxygens (including phenoxy) is 7. The Morgan fingerprint density at radius 2 is 0.830 bits per heavy atom. The fraction of sp³-hybridized carbons (Fsp3) is 0.394. The quantitative estimate of drug-likeness (QED) is 0.0921. The summed E-state index contributed by atoms with van der Waals surface area (Å²) in [6, 6.07) is 21.2. The highest BCUT2D eigenvalue weighted by molar-refractivity contribution is 9.10. The van der Waals surface area contributed by atoms with Crippen LogP contribution in [0.4, 0.5) is 40.3 Å². The zero-order chi connectivity index (χ0) is 65.9. The molecule has 5 saturated heterocycles. The van der Waals surface area contributed by atoms with E-state index >= 15 is 0 Å². The first-order valence-electron chi connectivity index (χ1n) is 30.7. The van der Waals surface area contributed by atoms with E-state index in [0.717, 1.165) is 153 Å². The summed E-state index contributed by atoms with van der Waals surface area (Å²) in [6.07, 6.45) is 15.7. The molecule has 7 aromatic rings. The van der Waals surface area contributed by atoms with E-state index in [9.17, 15) is 4.79 Å². The van der Waals surface area contributed by atoms with Gasteiger partial charge in [-0.2, -0.15) is 0 Å². The topological polar surface area (TPSA) is 307 Å². The lowest BCUT2D eigenvalue weighted by Gasteiger charge is -2.32. The van der Waals surface area contributed by atoms with Crippen molar-refractivity contribution < 1.29 is 47.3 Å². The number of pyridine rings is 7. The van der Waals surface area contributed by atoms with Crippen LogP contribution in [0.15, 0.2) is 132 Å². The number of nitrogen functional groups attached to an aromatic ring is 3. The van der Waals surface area contributed by atoms with Gasteiger partial charge in [0.15, 0.2) is 5.78 Å². The molecule has 0 aromatic carbocycles. The van der Waals surface area contributed by atoms with Crippen LogP contribution >= 0.6 is 28.3 Å². The third-order valence-electron chi connectivity index (χ3n) is 16.1. The van der Waals surface area contributed by atoms with Crippen molar-refractivity contribution in [3.05, 3.63) is 138 Å². The first-order valence-corrected chi connectivity index (χ1v) is 31.5. The molecular formula is C66H84BBrClN15O10. The second-order valence-corrected chi connectivity index (χ2v) is 23.8. The highest BCUT2D eigenvalue weighted by atomic mass is 79.9. The zero-order valence-corrected chi connectivity index (χ0v) is 56.6. The monoisotopic (exact) mass is 1370 g/mol. The number of rotatable bonds is 11. The third-order valence-corrected chi connectivity index (χ3v) is 16.7. The second-order valence-electron chi connectivity index (χ2n) is 22.9. The molecule has 0 saturated carbocycles. The fourth-order valence-electron chi connectivity index (χ4n) is 10.3. The number of ketones is 1. The molecule has 5 aliphatic heterocycles. The van der Waals surface area contributed by atoms with Gasteiger partial charge in [0, 0.05) is 106 Å². The Morgan fingerprint density at radius 3 is 1.22 bits per heavy atom. The Bertz CT molecular complexity index is 3560. The van der Waals surface area contributed by atoms with Crippen LogP contribution in [0, 0.1) is 0 Å². The minimum atomic E-state index is -0.335. The van der Waals surface area contributed by atoms with Gasteiger partial charge in [0.05, 0.1) is 126 Å². The molecule has 5 fully saturated rings. The van der Waals surface area contributed by atoms with E-state index in [1.54, 1.807) is 76.7 Å². The molecule has 13 rings (SSSR count). The maximum Gasteiger partial charge on any atom is 0.495 e. The molecule has 0 bridgehead atoms. The Labute approximate surface area is 564 Å². The van der Waals surface area contributed by atoms with Crippen molar-refractivity contribution in [2.75, 3.05) is 163 Å². The Hall–Kier alpha value is -8.41. The summed E-state index contributed by atoms with van der Waals surface area (Å²) in [5.74, 6) is 5.47. The first-order chi connectivity index (χ1) is 44.9. The van der Waals surface area contributed by atoms with Gasteiger partial charge in [0.25, 0.3) is 0 Å². The average Bonchev–Trinajstić information content (AvgIpc) is 1.60. The number of nitrogens with two attached hydrogens (primary N) is 4. The third kappa shape index (κ3) is 19.1. The van der Waals surface area contributed by atoms with Crippen molar-refractivity contribution in [2.45, 2.75) is 45.3 Å². The molecule has 0 atom stereocenters. The van der Waals surface area contributed by atoms with Gasteiger partial charge in [-0.1, -0.05) is 6.08 Å². The van der Waals surface area contributed by atoms with Gasteiger partial charge in [-0.15, -0.1) is 12.4 Å². The van der Waals surface area contributed by atoms with Crippen LogP contribution in [0.5, 0.6) is 17.6 Å². The van der Waals surface area contributed by atoms with Crippen LogP contribution in [0.3, 0.4) is 0 Å². The molecule has 28 heteroatoms. The lowest BCUT2D eigenvalue weighted by atomic mass is 9.79. The summed E-state index contributed by atoms with van der Waals surface area (Å²) in [6.45, 7) is 20.9. The molecule has 6 aliphatic rings. The van der Waals surface area contributed by atoms with Crippen molar-refractivity contribution in [3.8, 4) is 39.9 Å². The van der Waals surface area contributed by atoms with Crippen LogP contribution in [0.25, 0.3) is 27.8 Å². The van der Waals surface area contributed by atoms with Crippen LogP contribution in [-0.4, -0.2) is 186 Å². The Balaban J connectivity index is 0.000000153. The van der Waals surface area contributed by atoms with Crippen LogP contribution in [-0.2, 0) is 33.1 Å². The molecule has 0 amide bonds. The molecule has 500 valence electrons. The standard InChI is InChI=1S/C15H23BN2O3.2C15H18N4O2.C15H17N3O2.C6H7BrN2O.ClH/c1-14(2)15(3,4)21-16(20-14)12-5-6-17-13(11-12)18-7-9-19-10-8-18;2*1-20-15-13(9-12(16)10-18-15)11-2-3-17-14(8-11)19-4-6-21-7-5-19;16-12-1-2-14(19)13(10-12)11-3-4-17-15(9-11)18-5-7-20-8-6-18;1-10-6-5(7)2-4(8)3-9-6;/h5-6,11H,7-10H2,1-4H3;2*2-3,8-10H,4-7,16H2,1H3;1,3-4,9-10H,2,5-8,16H2;2-3H,8H2,1H3;1H. The van der Waals surface area contributed by atoms with E-state index in [4.69, 9.17) is 65.4 Å². The number of aromatic nitrogens is 7. The number of hydrogen-bond acceptors (Lipinski definition) is 25. The smallest absolute Gasteiger partial charge is 0.481 e. The van der Waals surface area contributed by atoms with E-state index in [-0.39, 0.29) is 36.5 Å². The van der Waals surface area contributed by atoms with Gasteiger partial charge in [0.2, 0.25) is 17.6 Å². The molecular weight excluding hydrogens is 1290 g/mol. The van der Waals surface area contributed by atoms with Crippen LogP contribution in [0.1, 0.15) is 39.7 Å². The van der Waals surface area contributed by atoms with E-state index in [0.29, 0.717) is 65.6 Å². The Morgan fingerprint density at radius 1 is 0.479 bits per heavy atom. The molecule has 25 nitrogen and oxygen atoms in total. The van der Waals surface area contributed by atoms with Gasteiger partial charge < -0.3 is 85.0 Å². The number of Topliss-reactive ketones (excluding diaryl/α,β-unsaturated/α-hetero) is 1. The number of anilines is 7. The van der Waals surface area contributed by atoms with Gasteiger partial charge in [-0.25, -0.2) is 34.9 Å². The largest absolute Gasteiger partial charge is 0.495 e. The molecule has 12 heterocycles. The molecule has 7 aromatic heterocycles. The number of carbonyl (C=O) groups is 1. The summed E-state index contributed by atoms with van der Waals surface area (Å²) in [7, 11) is 4.43. The molecule has 0 unspecified atom stereocenters. The lowest BCUT2D eigenvalue weighted by Crippen LogP contribution is -2.41. The number of methoxy groups -OCH3 is 3. The summed E-state index contributed by atoms with van der Waals surface area (Å²) in [4.78, 5) is 50.9. The lowest BCUT2D eigenvalue weighted by molar-refractivity contribution is -0.113. The summed E-state index contributed by atoms with van der Waals surface area (Å²) in [5, 5.41) is 0. The summed E-state index contributed by atoms with van der Waals surface area (Å²) in [5.41, 5.74) is 31.0. The number of nitrogens with zero attached hydrogens (tertiary/aromatic N) is 11. The average molecular weight is 1370 g/mol. The Kier molecular flexibility index (Phi) is 25.9. The van der Waals surface area contributed by atoms with Crippen LogP contribution < -0.4 is 62.2 Å². The van der Waals surface area contributed by atoms with Gasteiger partial charge in [0.1, 0.15) is 23.3 Å². The molecule has 0 spiro atoms. The number of allylic oxidation sites excluding steroid dienone is 3. The van der Waals surface area contributed by atoms with E-state index in [1.165, 1.54) is 0 Å². The fourth-order valence-corrected chi connectivity index (χ4v) is 10.8. The molecule has 94 heavy (non-hydrogen) atoms. The molecule has 8 N–H and O–H groups in total. The predicted molar refractivity (Wildman–Crippen MR) is 373 cm³/mol. The van der Waals surface area contributed by atoms with Crippen molar-refractivity contribution in [3.63, 3.8) is 0 Å². The SMILES string of the molecule is CC1(C)OB(c2ccnc(N3CCOCC3)c2)OC1(C)C.COc1ncc(N)cc1-c1ccnc(N2CCOCC2)c1.COc1ncc(N)cc1-c1ccnc(N2CCOCC2)c1.COc1ncc(N)cc1Br.Cl.NC1=CCC(=O)C(c2ccnc(N3CCOCC3)c2)=C1. The molecule has 0 radical (unpaired) electrons. The normalized spacial score (nSPS) is 17.3. The van der Waals surface area contributed by atoms with Gasteiger partial charge in [-0.05, 0) is 139 Å². The first kappa shape index (κ1) is 71.4. The number of hydrogen-bond donors (Lipinski definition) is 4.